The van der Waals surface area contributed by atoms with Gasteiger partial charge in [0.2, 0.25) is 5.91 Å². The zero-order chi connectivity index (χ0) is 14.7. The van der Waals surface area contributed by atoms with E-state index in [1.54, 1.807) is 6.92 Å². The lowest BCUT2D eigenvalue weighted by molar-refractivity contribution is -0.923. The number of hydrogen-bond donors (Lipinski definition) is 1. The van der Waals surface area contributed by atoms with E-state index in [1.807, 2.05) is 0 Å². The Balaban J connectivity index is 0. The zero-order valence-corrected chi connectivity index (χ0v) is 15.4. The molecule has 0 radical (unpaired) electrons. The monoisotopic (exact) mass is 348 g/mol. The van der Waals surface area contributed by atoms with Crippen LogP contribution in [0, 0.1) is 0 Å². The molecule has 0 atom stereocenters. The lowest BCUT2D eigenvalue weighted by Gasteiger charge is -2.35. The van der Waals surface area contributed by atoms with Gasteiger partial charge in [0.25, 0.3) is 0 Å². The minimum absolute atomic E-state index is 0. The Hall–Kier alpha value is -0.350. The molecule has 0 aromatic heterocycles. The van der Waals surface area contributed by atoms with Gasteiger partial charge in [-0.05, 0) is 47.0 Å². The van der Waals surface area contributed by atoms with Gasteiger partial charge in [0.1, 0.15) is 0 Å². The van der Waals surface area contributed by atoms with Crippen molar-refractivity contribution in [2.24, 2.45) is 0 Å². The molecular weight excluding hydrogens is 316 g/mol. The number of amides is 1. The third kappa shape index (κ3) is 8.75. The van der Waals surface area contributed by atoms with Gasteiger partial charge in [0.05, 0.1) is 26.2 Å². The molecule has 0 spiro atoms. The summed E-state index contributed by atoms with van der Waals surface area (Å²) >= 11 is 0. The average molecular weight is 349 g/mol. The number of quaternary nitrogens is 1. The van der Waals surface area contributed by atoms with E-state index in [9.17, 15) is 4.79 Å². The van der Waals surface area contributed by atoms with Crippen molar-refractivity contribution in [3.05, 3.63) is 12.2 Å². The van der Waals surface area contributed by atoms with E-state index in [0.29, 0.717) is 5.57 Å². The average Bonchev–Trinajstić information content (AvgIpc) is 2.42. The first-order valence-electron chi connectivity index (χ1n) is 7.80. The zero-order valence-electron chi connectivity index (χ0n) is 13.8. The van der Waals surface area contributed by atoms with Crippen LogP contribution in [-0.4, -0.2) is 43.1 Å². The number of unbranched alkanes of at least 4 members (excludes halogenated alkanes) is 3. The quantitative estimate of drug-likeness (QED) is 0.320. The smallest absolute Gasteiger partial charge is 0.246 e. The van der Waals surface area contributed by atoms with Gasteiger partial charge in [-0.25, -0.2) is 0 Å². The van der Waals surface area contributed by atoms with Crippen LogP contribution in [0.15, 0.2) is 12.2 Å². The molecule has 0 fully saturated rings. The second-order valence-corrected chi connectivity index (χ2v) is 5.46. The largest absolute Gasteiger partial charge is 1.00 e. The highest BCUT2D eigenvalue weighted by Crippen LogP contribution is 2.10. The first-order valence-corrected chi connectivity index (χ1v) is 7.80. The van der Waals surface area contributed by atoms with Crippen molar-refractivity contribution in [1.82, 2.24) is 5.32 Å². The molecule has 0 aliphatic rings. The van der Waals surface area contributed by atoms with Crippen LogP contribution in [0.1, 0.15) is 53.4 Å². The molecule has 0 aliphatic heterocycles. The Bertz CT molecular complexity index is 267. The number of rotatable bonds is 11. The van der Waals surface area contributed by atoms with Crippen molar-refractivity contribution >= 4 is 5.91 Å². The normalized spacial score (nSPS) is 10.8. The minimum Gasteiger partial charge on any atom is -1.00 e. The van der Waals surface area contributed by atoms with Crippen molar-refractivity contribution in [1.29, 1.82) is 0 Å². The molecule has 0 rings (SSSR count). The third-order valence-corrected chi connectivity index (χ3v) is 4.24. The topological polar surface area (TPSA) is 29.1 Å². The Labute approximate surface area is 136 Å². The molecule has 120 valence electrons. The van der Waals surface area contributed by atoms with E-state index in [4.69, 9.17) is 0 Å². The summed E-state index contributed by atoms with van der Waals surface area (Å²) in [5, 5.41) is 2.88. The van der Waals surface area contributed by atoms with Crippen LogP contribution in [0.3, 0.4) is 0 Å². The maximum Gasteiger partial charge on any atom is 0.246 e. The fraction of sp³-hybridized carbons (Fsp3) is 0.812. The number of nitrogens with zero attached hydrogens (tertiary/aromatic N) is 1. The minimum atomic E-state index is -0.0152. The molecule has 0 aliphatic carbocycles. The highest BCUT2D eigenvalue weighted by Gasteiger charge is 2.19. The Kier molecular flexibility index (Phi) is 13.6. The van der Waals surface area contributed by atoms with Gasteiger partial charge in [0, 0.05) is 12.1 Å². The summed E-state index contributed by atoms with van der Waals surface area (Å²) in [5.41, 5.74) is 0.593. The van der Waals surface area contributed by atoms with E-state index in [-0.39, 0.29) is 22.9 Å². The molecule has 0 aromatic rings. The Morgan fingerprint density at radius 3 is 1.95 bits per heavy atom. The van der Waals surface area contributed by atoms with Crippen LogP contribution < -0.4 is 22.3 Å². The van der Waals surface area contributed by atoms with Crippen LogP contribution in [0.2, 0.25) is 0 Å². The predicted octanol–water partition coefficient (Wildman–Crippen LogP) is 0.120. The molecular formula is C16H33BrN2O. The van der Waals surface area contributed by atoms with Gasteiger partial charge in [-0.1, -0.05) is 13.0 Å². The molecule has 4 heteroatoms. The second kappa shape index (κ2) is 12.4. The SMILES string of the molecule is C=C(C)C(=O)NCCCCCC[N+](CC)(CC)CC.[Br-]. The van der Waals surface area contributed by atoms with Gasteiger partial charge in [-0.2, -0.15) is 0 Å². The summed E-state index contributed by atoms with van der Waals surface area (Å²) in [6.45, 7) is 18.0. The lowest BCUT2D eigenvalue weighted by atomic mass is 10.1. The number of carbonyl (C=O) groups is 1. The van der Waals surface area contributed by atoms with Crippen LogP contribution in [0.4, 0.5) is 0 Å². The van der Waals surface area contributed by atoms with E-state index in [1.165, 1.54) is 49.9 Å². The summed E-state index contributed by atoms with van der Waals surface area (Å²) in [6, 6.07) is 0. The van der Waals surface area contributed by atoms with E-state index in [2.05, 4.69) is 32.7 Å². The number of halogens is 1. The van der Waals surface area contributed by atoms with Crippen LogP contribution in [0.25, 0.3) is 0 Å². The van der Waals surface area contributed by atoms with Gasteiger partial charge < -0.3 is 26.8 Å². The standard InChI is InChI=1S/C16H32N2O.BrH/c1-6-18(7-2,8-3)14-12-10-9-11-13-17-16(19)15(4)5;/h4,6-14H2,1-3,5H3;1H. The maximum absolute atomic E-state index is 11.3. The van der Waals surface area contributed by atoms with Crippen LogP contribution in [0.5, 0.6) is 0 Å². The highest BCUT2D eigenvalue weighted by atomic mass is 79.9. The Morgan fingerprint density at radius 1 is 1.00 bits per heavy atom. The van der Waals surface area contributed by atoms with Gasteiger partial charge >= 0.3 is 0 Å². The molecule has 0 heterocycles. The van der Waals surface area contributed by atoms with Gasteiger partial charge in [0.15, 0.2) is 0 Å². The van der Waals surface area contributed by atoms with Gasteiger partial charge in [-0.15, -0.1) is 0 Å². The summed E-state index contributed by atoms with van der Waals surface area (Å²) in [7, 11) is 0. The fourth-order valence-electron chi connectivity index (χ4n) is 2.42. The Morgan fingerprint density at radius 2 is 1.50 bits per heavy atom. The summed E-state index contributed by atoms with van der Waals surface area (Å²) in [6.07, 6.45) is 4.84. The van der Waals surface area contributed by atoms with Crippen LogP contribution in [-0.2, 0) is 4.79 Å². The molecule has 1 amide bonds. The van der Waals surface area contributed by atoms with Crippen molar-refractivity contribution in [2.75, 3.05) is 32.7 Å². The number of carbonyl (C=O) groups excluding carboxylic acids is 1. The molecule has 1 N–H and O–H groups in total. The lowest BCUT2D eigenvalue weighted by Crippen LogP contribution is -3.00. The van der Waals surface area contributed by atoms with Crippen molar-refractivity contribution in [2.45, 2.75) is 53.4 Å². The van der Waals surface area contributed by atoms with E-state index < -0.39 is 0 Å². The highest BCUT2D eigenvalue weighted by molar-refractivity contribution is 5.91. The van der Waals surface area contributed by atoms with Crippen molar-refractivity contribution < 1.29 is 26.3 Å². The third-order valence-electron chi connectivity index (χ3n) is 4.24. The molecule has 0 aromatic carbocycles. The van der Waals surface area contributed by atoms with Gasteiger partial charge in [-0.3, -0.25) is 4.79 Å². The molecule has 20 heavy (non-hydrogen) atoms. The summed E-state index contributed by atoms with van der Waals surface area (Å²) in [4.78, 5) is 11.3. The van der Waals surface area contributed by atoms with Crippen LogP contribution >= 0.6 is 0 Å². The fourth-order valence-corrected chi connectivity index (χ4v) is 2.42. The summed E-state index contributed by atoms with van der Waals surface area (Å²) < 4.78 is 1.24. The predicted molar refractivity (Wildman–Crippen MR) is 83.0 cm³/mol. The van der Waals surface area contributed by atoms with E-state index >= 15 is 0 Å². The number of nitrogens with one attached hydrogen (secondary N) is 1. The molecule has 0 saturated heterocycles. The number of hydrogen-bond acceptors (Lipinski definition) is 1. The molecule has 3 nitrogen and oxygen atoms in total. The summed E-state index contributed by atoms with van der Waals surface area (Å²) in [5.74, 6) is -0.0152. The second-order valence-electron chi connectivity index (χ2n) is 5.46. The van der Waals surface area contributed by atoms with Crippen molar-refractivity contribution in [3.8, 4) is 0 Å². The first-order chi connectivity index (χ1) is 9.01. The van der Waals surface area contributed by atoms with E-state index in [0.717, 1.165) is 13.0 Å². The van der Waals surface area contributed by atoms with Crippen molar-refractivity contribution in [3.63, 3.8) is 0 Å². The molecule has 0 unspecified atom stereocenters. The molecule has 0 saturated carbocycles. The first kappa shape index (κ1) is 21.9. The maximum atomic E-state index is 11.3. The molecule has 0 bridgehead atoms.